The lowest BCUT2D eigenvalue weighted by molar-refractivity contribution is 1.19. The average molecular weight is 735 g/mol. The second-order valence-electron chi connectivity index (χ2n) is 15.6. The van der Waals surface area contributed by atoms with Crippen LogP contribution in [-0.2, 0) is 0 Å². The predicted molar refractivity (Wildman–Crippen MR) is 245 cm³/mol. The summed E-state index contributed by atoms with van der Waals surface area (Å²) in [6.07, 6.45) is 0. The Balaban J connectivity index is 1.03. The lowest BCUT2D eigenvalue weighted by atomic mass is 10.00. The van der Waals surface area contributed by atoms with Gasteiger partial charge in [-0.3, -0.25) is 0 Å². The van der Waals surface area contributed by atoms with Crippen molar-refractivity contribution in [1.82, 2.24) is 9.13 Å². The zero-order valence-electron chi connectivity index (χ0n) is 31.5. The first-order chi connectivity index (χ1) is 28.8. The van der Waals surface area contributed by atoms with Crippen LogP contribution in [0, 0.1) is 0 Å². The number of fused-ring (bicyclic) bond motifs is 11. The summed E-state index contributed by atoms with van der Waals surface area (Å²) in [5, 5.41) is 10.1. The summed E-state index contributed by atoms with van der Waals surface area (Å²) in [6.45, 7) is 0. The van der Waals surface area contributed by atoms with E-state index in [1.54, 1.807) is 0 Å². The van der Waals surface area contributed by atoms with E-state index in [9.17, 15) is 0 Å². The molecule has 58 heavy (non-hydrogen) atoms. The second-order valence-corrected chi connectivity index (χ2v) is 15.6. The summed E-state index contributed by atoms with van der Waals surface area (Å²) in [5.74, 6) is 0. The second kappa shape index (κ2) is 11.9. The average Bonchev–Trinajstić information content (AvgIpc) is 3.93. The molecular formula is C56H34N2. The summed E-state index contributed by atoms with van der Waals surface area (Å²) in [5.41, 5.74) is 17.4. The van der Waals surface area contributed by atoms with Gasteiger partial charge in [-0.2, -0.15) is 0 Å². The van der Waals surface area contributed by atoms with Gasteiger partial charge < -0.3 is 9.13 Å². The quantitative estimate of drug-likeness (QED) is 0.170. The van der Waals surface area contributed by atoms with Crippen LogP contribution < -0.4 is 0 Å². The minimum absolute atomic E-state index is 1.18. The van der Waals surface area contributed by atoms with Crippen molar-refractivity contribution in [3.8, 4) is 55.9 Å². The Morgan fingerprint density at radius 3 is 1.66 bits per heavy atom. The van der Waals surface area contributed by atoms with Crippen molar-refractivity contribution in [2.75, 3.05) is 0 Å². The highest BCUT2D eigenvalue weighted by Gasteiger charge is 2.24. The van der Waals surface area contributed by atoms with Crippen molar-refractivity contribution in [2.45, 2.75) is 0 Å². The Morgan fingerprint density at radius 2 is 0.845 bits per heavy atom. The highest BCUT2D eigenvalue weighted by Crippen LogP contribution is 2.49. The zero-order chi connectivity index (χ0) is 37.9. The van der Waals surface area contributed by atoms with E-state index in [2.05, 4.69) is 215 Å². The van der Waals surface area contributed by atoms with Gasteiger partial charge in [-0.15, -0.1) is 0 Å². The fraction of sp³-hybridized carbons (Fsp3) is 0. The molecule has 0 unspecified atom stereocenters. The molecule has 2 heterocycles. The molecule has 0 saturated heterocycles. The summed E-state index contributed by atoms with van der Waals surface area (Å²) in [4.78, 5) is 0. The molecule has 0 saturated carbocycles. The van der Waals surface area contributed by atoms with Crippen molar-refractivity contribution >= 4 is 65.2 Å². The van der Waals surface area contributed by atoms with E-state index in [1.807, 2.05) is 0 Å². The Bertz CT molecular complexity index is 3650. The topological polar surface area (TPSA) is 9.86 Å². The third-order valence-corrected chi connectivity index (χ3v) is 12.7. The van der Waals surface area contributed by atoms with E-state index in [0.717, 1.165) is 0 Å². The number of nitrogens with zero attached hydrogens (tertiary/aromatic N) is 2. The molecule has 0 atom stereocenters. The van der Waals surface area contributed by atoms with Gasteiger partial charge in [0.1, 0.15) is 0 Å². The van der Waals surface area contributed by atoms with Crippen molar-refractivity contribution in [3.05, 3.63) is 206 Å². The van der Waals surface area contributed by atoms with E-state index in [4.69, 9.17) is 0 Å². The largest absolute Gasteiger partial charge is 0.309 e. The van der Waals surface area contributed by atoms with Crippen LogP contribution in [0.4, 0.5) is 0 Å². The molecule has 0 spiro atoms. The van der Waals surface area contributed by atoms with Gasteiger partial charge in [0.2, 0.25) is 0 Å². The smallest absolute Gasteiger partial charge is 0.0619 e. The minimum atomic E-state index is 1.18. The van der Waals surface area contributed by atoms with Crippen LogP contribution in [-0.4, -0.2) is 9.13 Å². The monoisotopic (exact) mass is 734 g/mol. The number of para-hydroxylation sites is 2. The van der Waals surface area contributed by atoms with E-state index in [1.165, 1.54) is 121 Å². The van der Waals surface area contributed by atoms with Crippen LogP contribution in [0.2, 0.25) is 0 Å². The summed E-state index contributed by atoms with van der Waals surface area (Å²) in [6, 6.07) is 76.2. The van der Waals surface area contributed by atoms with Gasteiger partial charge in [-0.1, -0.05) is 164 Å². The molecule has 2 heteroatoms. The fourth-order valence-electron chi connectivity index (χ4n) is 10.1. The lowest BCUT2D eigenvalue weighted by Gasteiger charge is -2.15. The molecule has 0 radical (unpaired) electrons. The van der Waals surface area contributed by atoms with E-state index >= 15 is 0 Å². The lowest BCUT2D eigenvalue weighted by Crippen LogP contribution is -1.97. The number of hydrogen-bond acceptors (Lipinski definition) is 0. The standard InChI is InChI=1S/C56H34N2/c1-2-13-35(14-3-1)39-16-8-10-23-50(39)58-54-31-27-38(34-49(54)46-28-25-36-15-4-5-17-40(36)56(46)58)37-26-30-53-48(33-37)43-20-9-11-24-51(43)57(53)52-32-29-45-42-19-7-6-18-41(42)44-21-12-22-47(52)55(44)45/h1-34H. The molecule has 2 nitrogen and oxygen atoms in total. The van der Waals surface area contributed by atoms with Crippen molar-refractivity contribution in [1.29, 1.82) is 0 Å². The number of benzene rings is 10. The SMILES string of the molecule is c1ccc(-c2ccccc2-n2c3ccc(-c4ccc5c(c4)c4ccccc4n5-c4ccc5c6c(cccc46)-c4ccccc4-5)cc3c3ccc4ccccc4c32)cc1. The molecule has 13 rings (SSSR count). The maximum atomic E-state index is 2.49. The maximum absolute atomic E-state index is 2.49. The van der Waals surface area contributed by atoms with Gasteiger partial charge >= 0.3 is 0 Å². The van der Waals surface area contributed by atoms with Gasteiger partial charge in [0, 0.05) is 37.9 Å². The molecule has 1 aliphatic carbocycles. The third-order valence-electron chi connectivity index (χ3n) is 12.7. The van der Waals surface area contributed by atoms with Gasteiger partial charge in [0.15, 0.2) is 0 Å². The Morgan fingerprint density at radius 1 is 0.259 bits per heavy atom. The van der Waals surface area contributed by atoms with Crippen LogP contribution in [0.1, 0.15) is 0 Å². The zero-order valence-corrected chi connectivity index (χ0v) is 31.5. The Hall–Kier alpha value is -7.68. The molecule has 1 aliphatic rings. The normalized spacial score (nSPS) is 12.1. The van der Waals surface area contributed by atoms with Gasteiger partial charge in [0.25, 0.3) is 0 Å². The Kier molecular flexibility index (Phi) is 6.47. The predicted octanol–water partition coefficient (Wildman–Crippen LogP) is 15.2. The van der Waals surface area contributed by atoms with Crippen LogP contribution in [0.25, 0.3) is 121 Å². The fourth-order valence-corrected chi connectivity index (χ4v) is 10.1. The van der Waals surface area contributed by atoms with E-state index in [0.29, 0.717) is 0 Å². The first-order valence-corrected chi connectivity index (χ1v) is 20.1. The molecule has 0 amide bonds. The van der Waals surface area contributed by atoms with Crippen LogP contribution in [0.5, 0.6) is 0 Å². The van der Waals surface area contributed by atoms with Crippen LogP contribution in [0.15, 0.2) is 206 Å². The summed E-state index contributed by atoms with van der Waals surface area (Å²) < 4.78 is 4.97. The van der Waals surface area contributed by atoms with E-state index in [-0.39, 0.29) is 0 Å². The minimum Gasteiger partial charge on any atom is -0.309 e. The molecule has 12 aromatic rings. The number of rotatable bonds is 4. The van der Waals surface area contributed by atoms with Crippen molar-refractivity contribution in [2.24, 2.45) is 0 Å². The molecular weight excluding hydrogens is 701 g/mol. The van der Waals surface area contributed by atoms with E-state index < -0.39 is 0 Å². The summed E-state index contributed by atoms with van der Waals surface area (Å²) in [7, 11) is 0. The number of hydrogen-bond donors (Lipinski definition) is 0. The maximum Gasteiger partial charge on any atom is 0.0619 e. The summed E-state index contributed by atoms with van der Waals surface area (Å²) >= 11 is 0. The van der Waals surface area contributed by atoms with Crippen molar-refractivity contribution in [3.63, 3.8) is 0 Å². The van der Waals surface area contributed by atoms with Crippen LogP contribution >= 0.6 is 0 Å². The highest BCUT2D eigenvalue weighted by molar-refractivity contribution is 6.21. The van der Waals surface area contributed by atoms with Gasteiger partial charge in [-0.05, 0) is 92.2 Å². The first-order valence-electron chi connectivity index (χ1n) is 20.1. The van der Waals surface area contributed by atoms with Gasteiger partial charge in [-0.25, -0.2) is 0 Å². The molecule has 2 aromatic heterocycles. The number of aromatic nitrogens is 2. The molecule has 268 valence electrons. The molecule has 0 N–H and O–H groups in total. The van der Waals surface area contributed by atoms with Crippen molar-refractivity contribution < 1.29 is 0 Å². The Labute approximate surface area is 335 Å². The molecule has 0 bridgehead atoms. The third kappa shape index (κ3) is 4.32. The molecule has 0 aliphatic heterocycles. The van der Waals surface area contributed by atoms with Crippen LogP contribution in [0.3, 0.4) is 0 Å². The highest BCUT2D eigenvalue weighted by atomic mass is 15.0. The first kappa shape index (κ1) is 31.5. The molecule has 0 fully saturated rings. The molecule has 10 aromatic carbocycles. The van der Waals surface area contributed by atoms with Gasteiger partial charge in [0.05, 0.1) is 33.4 Å².